The molecule has 3 aliphatic heterocycles. The Balaban J connectivity index is 1.38. The molecule has 0 radical (unpaired) electrons. The number of benzene rings is 1. The van der Waals surface area contributed by atoms with Crippen LogP contribution in [0.15, 0.2) is 36.5 Å². The molecule has 0 unspecified atom stereocenters. The number of ether oxygens (including phenoxy) is 1. The lowest BCUT2D eigenvalue weighted by Gasteiger charge is -2.43. The van der Waals surface area contributed by atoms with Crippen LogP contribution in [0.1, 0.15) is 42.6 Å². The summed E-state index contributed by atoms with van der Waals surface area (Å²) in [6.07, 6.45) is 0.648. The van der Waals surface area contributed by atoms with Gasteiger partial charge in [-0.2, -0.15) is 0 Å². The van der Waals surface area contributed by atoms with Crippen molar-refractivity contribution in [2.24, 2.45) is 0 Å². The first-order valence-electron chi connectivity index (χ1n) is 11.8. The van der Waals surface area contributed by atoms with Crippen molar-refractivity contribution in [1.82, 2.24) is 25.6 Å². The van der Waals surface area contributed by atoms with Crippen LogP contribution in [0.5, 0.6) is 0 Å². The first-order valence-corrected chi connectivity index (χ1v) is 11.8. The molecule has 5 rings (SSSR count). The van der Waals surface area contributed by atoms with Crippen molar-refractivity contribution in [3.05, 3.63) is 42.2 Å². The number of aliphatic hydroxyl groups is 1. The van der Waals surface area contributed by atoms with Crippen LogP contribution >= 0.6 is 0 Å². The normalized spacial score (nSPS) is 26.3. The van der Waals surface area contributed by atoms with Crippen LogP contribution in [0.3, 0.4) is 0 Å². The zero-order valence-corrected chi connectivity index (χ0v) is 19.3. The van der Waals surface area contributed by atoms with E-state index < -0.39 is 48.1 Å². The molecule has 12 nitrogen and oxygen atoms in total. The summed E-state index contributed by atoms with van der Waals surface area (Å²) >= 11 is 0. The van der Waals surface area contributed by atoms with Gasteiger partial charge in [-0.1, -0.05) is 24.3 Å². The van der Waals surface area contributed by atoms with Crippen molar-refractivity contribution in [3.8, 4) is 0 Å². The Labute approximate surface area is 205 Å². The van der Waals surface area contributed by atoms with E-state index in [2.05, 4.69) is 20.4 Å². The predicted octanol–water partition coefficient (Wildman–Crippen LogP) is -0.388. The van der Waals surface area contributed by atoms with Gasteiger partial charge in [-0.05, 0) is 30.7 Å². The van der Waals surface area contributed by atoms with Crippen molar-refractivity contribution in [3.63, 3.8) is 0 Å². The van der Waals surface area contributed by atoms with Crippen LogP contribution in [-0.2, 0) is 23.9 Å². The topological polar surface area (TPSA) is 158 Å². The maximum absolute atomic E-state index is 13.6. The number of aliphatic hydroxyl groups excluding tert-OH is 1. The third-order valence-corrected chi connectivity index (χ3v) is 6.67. The van der Waals surface area contributed by atoms with Gasteiger partial charge in [-0.15, -0.1) is 0 Å². The minimum atomic E-state index is -1.48. The lowest BCUT2D eigenvalue weighted by molar-refractivity contribution is -0.176. The Morgan fingerprint density at radius 3 is 2.67 bits per heavy atom. The molecule has 4 atom stereocenters. The summed E-state index contributed by atoms with van der Waals surface area (Å²) in [6.45, 7) is 0.257. The van der Waals surface area contributed by atoms with Crippen LogP contribution in [0.4, 0.5) is 0 Å². The number of hydrogen-bond donors (Lipinski definition) is 3. The number of hydrazine groups is 1. The van der Waals surface area contributed by atoms with E-state index in [9.17, 15) is 29.1 Å². The number of cyclic esters (lactones) is 1. The Morgan fingerprint density at radius 1 is 1.08 bits per heavy atom. The summed E-state index contributed by atoms with van der Waals surface area (Å²) in [5.74, 6) is -2.75. The van der Waals surface area contributed by atoms with Crippen molar-refractivity contribution in [2.45, 2.75) is 56.5 Å². The molecule has 4 amide bonds. The Bertz CT molecular complexity index is 1250. The molecule has 0 saturated carbocycles. The lowest BCUT2D eigenvalue weighted by Crippen LogP contribution is -2.64. The fourth-order valence-electron chi connectivity index (χ4n) is 4.88. The maximum atomic E-state index is 13.6. The Hall–Kier alpha value is -4.06. The lowest BCUT2D eigenvalue weighted by atomic mass is 10.0. The molecule has 36 heavy (non-hydrogen) atoms. The van der Waals surface area contributed by atoms with Crippen molar-refractivity contribution in [1.29, 1.82) is 0 Å². The Morgan fingerprint density at radius 2 is 1.89 bits per heavy atom. The SMILES string of the molecule is O=C1C[C@H](NC(=O)[C@@H]2CCCN3C(=O)CC[C@H](NC(=O)c4nccc5ccccc45)C(=O)N23)[C@H](O)O1. The van der Waals surface area contributed by atoms with E-state index in [1.54, 1.807) is 18.2 Å². The summed E-state index contributed by atoms with van der Waals surface area (Å²) in [5.41, 5.74) is 0.154. The van der Waals surface area contributed by atoms with E-state index >= 15 is 0 Å². The van der Waals surface area contributed by atoms with Gasteiger partial charge in [0.15, 0.2) is 0 Å². The van der Waals surface area contributed by atoms with Crippen LogP contribution in [0.25, 0.3) is 10.8 Å². The molecule has 3 N–H and O–H groups in total. The molecule has 0 spiro atoms. The zero-order valence-electron chi connectivity index (χ0n) is 19.3. The molecule has 4 heterocycles. The van der Waals surface area contributed by atoms with Crippen LogP contribution in [0.2, 0.25) is 0 Å². The summed E-state index contributed by atoms with van der Waals surface area (Å²) in [5, 5.41) is 18.9. The van der Waals surface area contributed by atoms with Crippen LogP contribution in [0, 0.1) is 0 Å². The smallest absolute Gasteiger partial charge is 0.310 e. The van der Waals surface area contributed by atoms with Crippen LogP contribution in [-0.4, -0.2) is 80.7 Å². The van der Waals surface area contributed by atoms with E-state index in [4.69, 9.17) is 0 Å². The second-order valence-electron chi connectivity index (χ2n) is 9.00. The van der Waals surface area contributed by atoms with Gasteiger partial charge in [-0.3, -0.25) is 34.0 Å². The average molecular weight is 495 g/mol. The fourth-order valence-corrected chi connectivity index (χ4v) is 4.88. The number of amides is 4. The largest absolute Gasteiger partial charge is 0.434 e. The number of rotatable bonds is 4. The van der Waals surface area contributed by atoms with Gasteiger partial charge in [0.25, 0.3) is 11.8 Å². The third kappa shape index (κ3) is 4.35. The van der Waals surface area contributed by atoms with E-state index in [1.807, 2.05) is 12.1 Å². The first-order chi connectivity index (χ1) is 17.3. The number of carbonyl (C=O) groups excluding carboxylic acids is 5. The summed E-state index contributed by atoms with van der Waals surface area (Å²) in [6, 6.07) is 5.95. The standard InChI is InChI=1S/C24H25N5O7/c30-18-8-7-15(26-22(33)20-14-5-2-1-4-13(14)9-10-25-20)23(34)29-17(6-3-11-28(18)29)21(32)27-16-12-19(31)36-24(16)35/h1-2,4-5,9-10,15-17,24,35H,3,6-8,11-12H2,(H,26,33)(H,27,32)/t15-,16-,17-,24+/m0/s1. The average Bonchev–Trinajstić information content (AvgIpc) is 3.14. The molecule has 1 aromatic carbocycles. The molecule has 3 saturated heterocycles. The molecule has 3 fully saturated rings. The molecule has 0 bridgehead atoms. The first kappa shape index (κ1) is 23.7. The van der Waals surface area contributed by atoms with Gasteiger partial charge in [0.1, 0.15) is 23.8 Å². The molecular weight excluding hydrogens is 470 g/mol. The molecule has 2 aromatic rings. The number of esters is 1. The maximum Gasteiger partial charge on any atom is 0.310 e. The highest BCUT2D eigenvalue weighted by molar-refractivity contribution is 6.06. The second-order valence-corrected chi connectivity index (χ2v) is 9.00. The number of nitrogens with zero attached hydrogens (tertiary/aromatic N) is 3. The molecule has 12 heteroatoms. The predicted molar refractivity (Wildman–Crippen MR) is 122 cm³/mol. The number of pyridine rings is 1. The number of carbonyl (C=O) groups is 5. The molecule has 3 aliphatic rings. The molecular formula is C24H25N5O7. The number of nitrogens with one attached hydrogen (secondary N) is 2. The number of aromatic nitrogens is 1. The highest BCUT2D eigenvalue weighted by atomic mass is 16.6. The molecule has 0 aliphatic carbocycles. The van der Waals surface area contributed by atoms with Crippen LogP contribution < -0.4 is 10.6 Å². The molecule has 1 aromatic heterocycles. The second kappa shape index (κ2) is 9.53. The fraction of sp³-hybridized carbons (Fsp3) is 0.417. The van der Waals surface area contributed by atoms with Crippen molar-refractivity contribution >= 4 is 40.4 Å². The van der Waals surface area contributed by atoms with Gasteiger partial charge in [0, 0.05) is 24.5 Å². The Kier molecular flexibility index (Phi) is 6.27. The van der Waals surface area contributed by atoms with Gasteiger partial charge in [-0.25, -0.2) is 5.01 Å². The summed E-state index contributed by atoms with van der Waals surface area (Å²) < 4.78 is 4.66. The van der Waals surface area contributed by atoms with E-state index in [1.165, 1.54) is 11.2 Å². The minimum Gasteiger partial charge on any atom is -0.434 e. The minimum absolute atomic E-state index is 0.00811. The molecule has 188 valence electrons. The van der Waals surface area contributed by atoms with E-state index in [0.717, 1.165) is 10.4 Å². The highest BCUT2D eigenvalue weighted by Crippen LogP contribution is 2.26. The van der Waals surface area contributed by atoms with Gasteiger partial charge in [0.2, 0.25) is 18.1 Å². The van der Waals surface area contributed by atoms with Gasteiger partial charge in [0.05, 0.1) is 6.42 Å². The number of hydrogen-bond acceptors (Lipinski definition) is 8. The monoisotopic (exact) mass is 495 g/mol. The third-order valence-electron chi connectivity index (χ3n) is 6.67. The van der Waals surface area contributed by atoms with Gasteiger partial charge < -0.3 is 20.5 Å². The zero-order chi connectivity index (χ0) is 25.4. The number of fused-ring (bicyclic) bond motifs is 2. The van der Waals surface area contributed by atoms with Crippen molar-refractivity contribution in [2.75, 3.05) is 6.54 Å². The quantitative estimate of drug-likeness (QED) is 0.484. The highest BCUT2D eigenvalue weighted by Gasteiger charge is 2.46. The van der Waals surface area contributed by atoms with Gasteiger partial charge >= 0.3 is 5.97 Å². The summed E-state index contributed by atoms with van der Waals surface area (Å²) in [4.78, 5) is 68.3. The van der Waals surface area contributed by atoms with Crippen molar-refractivity contribution < 1.29 is 33.8 Å². The van der Waals surface area contributed by atoms with E-state index in [-0.39, 0.29) is 43.8 Å². The summed E-state index contributed by atoms with van der Waals surface area (Å²) in [7, 11) is 0. The van der Waals surface area contributed by atoms with E-state index in [0.29, 0.717) is 11.8 Å².